The van der Waals surface area contributed by atoms with Gasteiger partial charge in [0, 0.05) is 24.9 Å². The molecule has 0 aliphatic rings. The van der Waals surface area contributed by atoms with Crippen LogP contribution in [-0.4, -0.2) is 24.9 Å². The average Bonchev–Trinajstić information content (AvgIpc) is 2.37. The van der Waals surface area contributed by atoms with E-state index in [-0.39, 0.29) is 11.8 Å². The van der Waals surface area contributed by atoms with E-state index in [1.54, 1.807) is 0 Å². The number of hydrogen-bond donors (Lipinski definition) is 2. The average molecular weight is 284 g/mol. The van der Waals surface area contributed by atoms with Crippen LogP contribution >= 0.6 is 0 Å². The molecule has 0 radical (unpaired) electrons. The van der Waals surface area contributed by atoms with E-state index in [0.717, 1.165) is 13.0 Å². The molecule has 0 saturated carbocycles. The first-order valence-electron chi connectivity index (χ1n) is 7.86. The van der Waals surface area contributed by atoms with E-state index >= 15 is 0 Å². The summed E-state index contributed by atoms with van der Waals surface area (Å²) in [6.45, 7) is 11.1. The molecule has 0 aromatic heterocycles. The number of unbranched alkanes of at least 4 members (excludes halogenated alkanes) is 1. The second-order valence-electron chi connectivity index (χ2n) is 6.48. The number of nitrogens with one attached hydrogen (secondary N) is 2. The first kappa shape index (κ1) is 18.9. The van der Waals surface area contributed by atoms with Crippen LogP contribution in [0.1, 0.15) is 66.7 Å². The largest absolute Gasteiger partial charge is 0.356 e. The zero-order chi connectivity index (χ0) is 15.6. The molecule has 0 spiro atoms. The van der Waals surface area contributed by atoms with Gasteiger partial charge in [-0.3, -0.25) is 9.59 Å². The van der Waals surface area contributed by atoms with Gasteiger partial charge in [-0.15, -0.1) is 0 Å². The number of carbonyl (C=O) groups excluding carboxylic acids is 2. The zero-order valence-electron chi connectivity index (χ0n) is 13.8. The van der Waals surface area contributed by atoms with Crippen LogP contribution in [0, 0.1) is 11.3 Å². The molecule has 4 nitrogen and oxygen atoms in total. The van der Waals surface area contributed by atoms with Crippen molar-refractivity contribution in [3.8, 4) is 0 Å². The number of hydrogen-bond acceptors (Lipinski definition) is 2. The van der Waals surface area contributed by atoms with Crippen LogP contribution in [-0.2, 0) is 9.59 Å². The lowest BCUT2D eigenvalue weighted by atomic mass is 9.96. The zero-order valence-corrected chi connectivity index (χ0v) is 13.8. The Hall–Kier alpha value is -1.06. The molecule has 2 N–H and O–H groups in total. The van der Waals surface area contributed by atoms with Crippen molar-refractivity contribution in [3.63, 3.8) is 0 Å². The molecule has 0 aromatic rings. The molecule has 0 saturated heterocycles. The fourth-order valence-corrected chi connectivity index (χ4v) is 1.84. The summed E-state index contributed by atoms with van der Waals surface area (Å²) in [5, 5.41) is 5.75. The van der Waals surface area contributed by atoms with Crippen molar-refractivity contribution < 1.29 is 9.59 Å². The van der Waals surface area contributed by atoms with E-state index in [2.05, 4.69) is 24.5 Å². The van der Waals surface area contributed by atoms with Gasteiger partial charge in [0.25, 0.3) is 0 Å². The van der Waals surface area contributed by atoms with Crippen molar-refractivity contribution in [2.45, 2.75) is 66.7 Å². The Morgan fingerprint density at radius 3 is 2.25 bits per heavy atom. The normalized spacial score (nSPS) is 12.8. The van der Waals surface area contributed by atoms with Crippen molar-refractivity contribution in [2.75, 3.05) is 13.1 Å². The van der Waals surface area contributed by atoms with Gasteiger partial charge in [0.15, 0.2) is 0 Å². The summed E-state index contributed by atoms with van der Waals surface area (Å²) in [6.07, 6.45) is 5.04. The highest BCUT2D eigenvalue weighted by Gasteiger charge is 2.20. The minimum absolute atomic E-state index is 0.0142. The topological polar surface area (TPSA) is 58.2 Å². The van der Waals surface area contributed by atoms with Gasteiger partial charge in [-0.2, -0.15) is 0 Å². The predicted octanol–water partition coefficient (Wildman–Crippen LogP) is 2.87. The van der Waals surface area contributed by atoms with Gasteiger partial charge in [-0.25, -0.2) is 0 Å². The third-order valence-electron chi connectivity index (χ3n) is 3.45. The fraction of sp³-hybridized carbons (Fsp3) is 0.875. The van der Waals surface area contributed by atoms with E-state index < -0.39 is 5.41 Å². The molecule has 0 bridgehead atoms. The monoisotopic (exact) mass is 284 g/mol. The summed E-state index contributed by atoms with van der Waals surface area (Å²) >= 11 is 0. The SMILES string of the molecule is CCCCC(CC)CNC(=O)CCNC(=O)C(C)(C)C. The maximum absolute atomic E-state index is 11.7. The Balaban J connectivity index is 3.81. The minimum Gasteiger partial charge on any atom is -0.356 e. The minimum atomic E-state index is -0.399. The van der Waals surface area contributed by atoms with Crippen molar-refractivity contribution in [3.05, 3.63) is 0 Å². The van der Waals surface area contributed by atoms with Crippen molar-refractivity contribution in [1.82, 2.24) is 10.6 Å². The molecule has 1 atom stereocenters. The van der Waals surface area contributed by atoms with Crippen LogP contribution in [0.15, 0.2) is 0 Å². The standard InChI is InChI=1S/C16H32N2O2/c1-6-8-9-13(7-2)12-18-14(19)10-11-17-15(20)16(3,4)5/h13H,6-12H2,1-5H3,(H,17,20)(H,18,19). The maximum atomic E-state index is 11.7. The van der Waals surface area contributed by atoms with Crippen LogP contribution in [0.5, 0.6) is 0 Å². The van der Waals surface area contributed by atoms with Gasteiger partial charge < -0.3 is 10.6 Å². The molecule has 0 aliphatic carbocycles. The van der Waals surface area contributed by atoms with Crippen LogP contribution in [0.3, 0.4) is 0 Å². The number of rotatable bonds is 9. The molecule has 0 aromatic carbocycles. The summed E-state index contributed by atoms with van der Waals surface area (Å²) in [5.41, 5.74) is -0.399. The fourth-order valence-electron chi connectivity index (χ4n) is 1.84. The molecule has 0 fully saturated rings. The predicted molar refractivity (Wildman–Crippen MR) is 83.4 cm³/mol. The van der Waals surface area contributed by atoms with E-state index in [9.17, 15) is 9.59 Å². The Morgan fingerprint density at radius 1 is 1.10 bits per heavy atom. The third kappa shape index (κ3) is 8.94. The smallest absolute Gasteiger partial charge is 0.225 e. The third-order valence-corrected chi connectivity index (χ3v) is 3.45. The van der Waals surface area contributed by atoms with Crippen LogP contribution < -0.4 is 10.6 Å². The summed E-state index contributed by atoms with van der Waals surface area (Å²) < 4.78 is 0. The first-order chi connectivity index (χ1) is 9.31. The molecule has 0 heterocycles. The second kappa shape index (κ2) is 9.78. The molecule has 2 amide bonds. The summed E-state index contributed by atoms with van der Waals surface area (Å²) in [5.74, 6) is 0.580. The van der Waals surface area contributed by atoms with E-state index in [1.165, 1.54) is 19.3 Å². The highest BCUT2D eigenvalue weighted by Crippen LogP contribution is 2.12. The van der Waals surface area contributed by atoms with Gasteiger partial charge in [0.2, 0.25) is 11.8 Å². The van der Waals surface area contributed by atoms with Gasteiger partial charge in [-0.1, -0.05) is 53.9 Å². The highest BCUT2D eigenvalue weighted by atomic mass is 16.2. The van der Waals surface area contributed by atoms with Gasteiger partial charge in [-0.05, 0) is 12.3 Å². The van der Waals surface area contributed by atoms with Crippen LogP contribution in [0.25, 0.3) is 0 Å². The number of carbonyl (C=O) groups is 2. The van der Waals surface area contributed by atoms with E-state index in [4.69, 9.17) is 0 Å². The lowest BCUT2D eigenvalue weighted by Crippen LogP contribution is -2.38. The summed E-state index contributed by atoms with van der Waals surface area (Å²) in [6, 6.07) is 0. The molecule has 4 heteroatoms. The molecular weight excluding hydrogens is 252 g/mol. The Labute approximate surface area is 124 Å². The summed E-state index contributed by atoms with van der Waals surface area (Å²) in [7, 11) is 0. The molecule has 20 heavy (non-hydrogen) atoms. The lowest BCUT2D eigenvalue weighted by Gasteiger charge is -2.18. The Morgan fingerprint density at radius 2 is 1.75 bits per heavy atom. The first-order valence-corrected chi connectivity index (χ1v) is 7.86. The Kier molecular flexibility index (Phi) is 9.26. The molecule has 1 unspecified atom stereocenters. The second-order valence-corrected chi connectivity index (χ2v) is 6.48. The van der Waals surface area contributed by atoms with E-state index in [1.807, 2.05) is 20.8 Å². The van der Waals surface area contributed by atoms with Crippen LogP contribution in [0.4, 0.5) is 0 Å². The van der Waals surface area contributed by atoms with E-state index in [0.29, 0.717) is 18.9 Å². The Bertz CT molecular complexity index is 295. The van der Waals surface area contributed by atoms with Crippen molar-refractivity contribution in [1.29, 1.82) is 0 Å². The van der Waals surface area contributed by atoms with Crippen LogP contribution in [0.2, 0.25) is 0 Å². The molecular formula is C16H32N2O2. The molecule has 118 valence electrons. The summed E-state index contributed by atoms with van der Waals surface area (Å²) in [4.78, 5) is 23.3. The van der Waals surface area contributed by atoms with Gasteiger partial charge in [0.05, 0.1) is 0 Å². The van der Waals surface area contributed by atoms with Gasteiger partial charge >= 0.3 is 0 Å². The highest BCUT2D eigenvalue weighted by molar-refractivity contribution is 5.82. The molecule has 0 aliphatic heterocycles. The van der Waals surface area contributed by atoms with Gasteiger partial charge in [0.1, 0.15) is 0 Å². The lowest BCUT2D eigenvalue weighted by molar-refractivity contribution is -0.128. The number of amides is 2. The van der Waals surface area contributed by atoms with Crippen molar-refractivity contribution in [2.24, 2.45) is 11.3 Å². The molecule has 0 rings (SSSR count). The van der Waals surface area contributed by atoms with Crippen molar-refractivity contribution >= 4 is 11.8 Å². The maximum Gasteiger partial charge on any atom is 0.225 e. The quantitative estimate of drug-likeness (QED) is 0.684.